The molecule has 52 valence electrons. The number of hydrogen-bond donors (Lipinski definition) is 0. The third kappa shape index (κ3) is 2.02. The van der Waals surface area contributed by atoms with Crippen molar-refractivity contribution in [1.29, 1.82) is 5.26 Å². The summed E-state index contributed by atoms with van der Waals surface area (Å²) in [5.41, 5.74) is 0. The number of quaternary nitrogens is 1. The van der Waals surface area contributed by atoms with Gasteiger partial charge in [-0.25, -0.2) is 5.26 Å². The first kappa shape index (κ1) is 8.44. The van der Waals surface area contributed by atoms with Crippen molar-refractivity contribution in [3.63, 3.8) is 0 Å². The van der Waals surface area contributed by atoms with Crippen molar-refractivity contribution in [3.8, 4) is 5.97 Å². The highest BCUT2D eigenvalue weighted by atomic mass is 19.1. The lowest BCUT2D eigenvalue weighted by Crippen LogP contribution is -2.49. The zero-order chi connectivity index (χ0) is 7.49. The lowest BCUT2D eigenvalue weighted by Gasteiger charge is -2.37. The van der Waals surface area contributed by atoms with Crippen LogP contribution in [-0.2, 0) is 0 Å². The van der Waals surface area contributed by atoms with Gasteiger partial charge in [-0.05, 0) is 12.9 Å². The molecule has 0 aliphatic rings. The molecule has 9 heavy (non-hydrogen) atoms. The highest BCUT2D eigenvalue weighted by molar-refractivity contribution is 6.51. The van der Waals surface area contributed by atoms with Crippen molar-refractivity contribution < 1.29 is 8.71 Å². The van der Waals surface area contributed by atoms with Crippen molar-refractivity contribution in [2.45, 2.75) is 6.92 Å². The molecular formula is C5H12BFN2. The largest absolute Gasteiger partial charge is 0.483 e. The van der Waals surface area contributed by atoms with Crippen LogP contribution in [0, 0.1) is 11.2 Å². The zero-order valence-electron chi connectivity index (χ0n) is 6.19. The van der Waals surface area contributed by atoms with E-state index < -0.39 is 7.12 Å². The van der Waals surface area contributed by atoms with Gasteiger partial charge >= 0.3 is 7.12 Å². The van der Waals surface area contributed by atoms with Crippen LogP contribution in [0.1, 0.15) is 6.92 Å². The molecule has 0 N–H and O–H groups in total. The van der Waals surface area contributed by atoms with Crippen LogP contribution < -0.4 is 0 Å². The molecule has 0 heterocycles. The van der Waals surface area contributed by atoms with Crippen molar-refractivity contribution in [3.05, 3.63) is 0 Å². The third-order valence-corrected chi connectivity index (χ3v) is 1.74. The second kappa shape index (κ2) is 2.83. The van der Waals surface area contributed by atoms with Crippen LogP contribution >= 0.6 is 0 Å². The predicted molar refractivity (Wildman–Crippen MR) is 36.5 cm³/mol. The molecule has 0 saturated heterocycles. The van der Waals surface area contributed by atoms with Crippen LogP contribution in [0.15, 0.2) is 0 Å². The Morgan fingerprint density at radius 1 is 1.67 bits per heavy atom. The summed E-state index contributed by atoms with van der Waals surface area (Å²) in [6.45, 7) is 2.54. The van der Waals surface area contributed by atoms with E-state index in [4.69, 9.17) is 5.26 Å². The van der Waals surface area contributed by atoms with Crippen LogP contribution in [0.4, 0.5) is 4.32 Å². The van der Waals surface area contributed by atoms with Crippen molar-refractivity contribution >= 4 is 7.12 Å². The number of hydrogen-bond acceptors (Lipinski definition) is 1. The molecule has 0 aromatic carbocycles. The maximum atomic E-state index is 12.6. The van der Waals surface area contributed by atoms with Gasteiger partial charge in [0.05, 0.1) is 0 Å². The first-order valence-electron chi connectivity index (χ1n) is 3.08. The first-order chi connectivity index (χ1) is 4.04. The minimum atomic E-state index is -2.15. The van der Waals surface area contributed by atoms with Gasteiger partial charge in [-0.3, -0.25) is 0 Å². The van der Waals surface area contributed by atoms with Crippen LogP contribution in [0.2, 0.25) is 0 Å². The molecule has 0 rings (SSSR count). The second-order valence-corrected chi connectivity index (χ2v) is 2.82. The fourth-order valence-corrected chi connectivity index (χ4v) is 0.388. The molecule has 4 heteroatoms. The fraction of sp³-hybridized carbons (Fsp3) is 0.800. The highest BCUT2D eigenvalue weighted by Crippen LogP contribution is 2.00. The Bertz CT molecular complexity index is 129. The molecule has 2 nitrogen and oxygen atoms in total. The smallest absolute Gasteiger partial charge is 0.451 e. The van der Waals surface area contributed by atoms with E-state index in [1.807, 2.05) is 6.92 Å². The van der Waals surface area contributed by atoms with E-state index in [0.29, 0.717) is 6.54 Å². The summed E-state index contributed by atoms with van der Waals surface area (Å²) in [5.74, 6) is 1.64. The summed E-state index contributed by atoms with van der Waals surface area (Å²) in [6, 6.07) is 0. The number of rotatable bonds is 2. The molecule has 0 saturated carbocycles. The van der Waals surface area contributed by atoms with E-state index in [1.165, 1.54) is 0 Å². The van der Waals surface area contributed by atoms with E-state index in [-0.39, 0.29) is 4.39 Å². The molecular weight excluding hydrogens is 118 g/mol. The highest BCUT2D eigenvalue weighted by Gasteiger charge is 2.19. The lowest BCUT2D eigenvalue weighted by molar-refractivity contribution is -0.786. The fourth-order valence-electron chi connectivity index (χ4n) is 0.388. The van der Waals surface area contributed by atoms with Crippen LogP contribution in [-0.4, -0.2) is 32.2 Å². The molecule has 1 unspecified atom stereocenters. The van der Waals surface area contributed by atoms with Gasteiger partial charge in [0, 0.05) is 20.6 Å². The molecule has 0 aliphatic heterocycles. The Labute approximate surface area is 55.6 Å². The molecule has 0 fully saturated rings. The number of halogens is 1. The van der Waals surface area contributed by atoms with Crippen LogP contribution in [0.25, 0.3) is 0 Å². The van der Waals surface area contributed by atoms with Gasteiger partial charge < -0.3 is 8.71 Å². The summed E-state index contributed by atoms with van der Waals surface area (Å²) in [4.78, 5) is 0. The molecule has 1 atom stereocenters. The molecule has 0 aromatic rings. The van der Waals surface area contributed by atoms with Gasteiger partial charge in [0.15, 0.2) is 0 Å². The average Bonchev–Trinajstić information content (AvgIpc) is 1.86. The maximum Gasteiger partial charge on any atom is 0.451 e. The van der Waals surface area contributed by atoms with Gasteiger partial charge in [-0.2, -0.15) is 0 Å². The van der Waals surface area contributed by atoms with Gasteiger partial charge in [-0.1, -0.05) is 0 Å². The Balaban J connectivity index is 4.01. The monoisotopic (exact) mass is 130 g/mol. The van der Waals surface area contributed by atoms with Gasteiger partial charge in [0.1, 0.15) is 0 Å². The molecule has 0 aliphatic carbocycles. The molecule has 0 radical (unpaired) electrons. The maximum absolute atomic E-state index is 12.6. The second-order valence-electron chi connectivity index (χ2n) is 2.82. The van der Waals surface area contributed by atoms with Crippen molar-refractivity contribution in [1.82, 2.24) is 0 Å². The minimum absolute atomic E-state index is 0.205. The Morgan fingerprint density at radius 2 is 2.11 bits per heavy atom. The van der Waals surface area contributed by atoms with Gasteiger partial charge in [0.25, 0.3) is 0 Å². The number of nitrogens with zero attached hydrogens (tertiary/aromatic N) is 2. The molecule has 0 bridgehead atoms. The van der Waals surface area contributed by atoms with Crippen molar-refractivity contribution in [2.75, 3.05) is 20.6 Å². The average molecular weight is 130 g/mol. The van der Waals surface area contributed by atoms with E-state index in [2.05, 4.69) is 0 Å². The minimum Gasteiger partial charge on any atom is -0.483 e. The summed E-state index contributed by atoms with van der Waals surface area (Å²) < 4.78 is 12.8. The predicted octanol–water partition coefficient (Wildman–Crippen LogP) is 0.335. The third-order valence-electron chi connectivity index (χ3n) is 1.74. The first-order valence-corrected chi connectivity index (χ1v) is 3.08. The number of nitriles is 1. The quantitative estimate of drug-likeness (QED) is 0.494. The summed E-state index contributed by atoms with van der Waals surface area (Å²) >= 11 is 0. The van der Waals surface area contributed by atoms with Gasteiger partial charge in [0.2, 0.25) is 0 Å². The zero-order valence-corrected chi connectivity index (χ0v) is 6.19. The van der Waals surface area contributed by atoms with E-state index in [9.17, 15) is 4.32 Å². The van der Waals surface area contributed by atoms with E-state index >= 15 is 0 Å². The normalized spacial score (nSPS) is 14.6. The summed E-state index contributed by atoms with van der Waals surface area (Å²) in [5, 5.41) is 8.20. The summed E-state index contributed by atoms with van der Waals surface area (Å²) in [7, 11) is 1.31. The van der Waals surface area contributed by atoms with E-state index in [0.717, 1.165) is 0 Å². The van der Waals surface area contributed by atoms with Crippen LogP contribution in [0.5, 0.6) is 0 Å². The Hall–Kier alpha value is -0.555. The van der Waals surface area contributed by atoms with E-state index in [1.54, 1.807) is 20.1 Å². The topological polar surface area (TPSA) is 23.8 Å². The Morgan fingerprint density at radius 3 is 2.22 bits per heavy atom. The van der Waals surface area contributed by atoms with Crippen molar-refractivity contribution in [2.24, 2.45) is 0 Å². The van der Waals surface area contributed by atoms with Crippen LogP contribution in [0.3, 0.4) is 0 Å². The molecule has 0 amide bonds. The summed E-state index contributed by atoms with van der Waals surface area (Å²) in [6.07, 6.45) is 0. The SMILES string of the molecule is CC[N+](C)(C)[BH-](F)C#N. The standard InChI is InChI=1S/C5H12BFN2/c1-4-9(2,3)6(7)5-8/h6H,4H2,1-3H3. The Kier molecular flexibility index (Phi) is 2.66. The molecule has 0 spiro atoms. The van der Waals surface area contributed by atoms with Gasteiger partial charge in [-0.15, -0.1) is 0 Å². The lowest BCUT2D eigenvalue weighted by atomic mass is 9.85. The molecule has 0 aromatic heterocycles.